The van der Waals surface area contributed by atoms with Crippen LogP contribution in [0.15, 0.2) is 336 Å². The molecular formula is C92H54O2. The first-order valence-corrected chi connectivity index (χ1v) is 32.5. The van der Waals surface area contributed by atoms with Crippen molar-refractivity contribution in [3.8, 4) is 77.9 Å². The highest BCUT2D eigenvalue weighted by atomic mass is 16.3. The molecule has 18 aromatic carbocycles. The number of furan rings is 2. The van der Waals surface area contributed by atoms with Gasteiger partial charge < -0.3 is 8.83 Å². The van der Waals surface area contributed by atoms with E-state index in [1.54, 1.807) is 0 Å². The molecule has 0 saturated carbocycles. The molecule has 0 amide bonds. The summed E-state index contributed by atoms with van der Waals surface area (Å²) >= 11 is 0. The molecule has 94 heavy (non-hydrogen) atoms. The van der Waals surface area contributed by atoms with Crippen molar-refractivity contribution in [1.82, 2.24) is 0 Å². The largest absolute Gasteiger partial charge is 0.455 e. The molecule has 0 N–H and O–H groups in total. The molecule has 2 nitrogen and oxygen atoms in total. The molecular weight excluding hydrogens is 1140 g/mol. The second-order valence-corrected chi connectivity index (χ2v) is 25.2. The molecule has 0 aliphatic rings. The van der Waals surface area contributed by atoms with E-state index in [9.17, 15) is 0 Å². The smallest absolute Gasteiger partial charge is 0.143 e. The molecule has 0 spiro atoms. The highest BCUT2D eigenvalue weighted by Crippen LogP contribution is 2.52. The number of fused-ring (bicyclic) bond motifs is 14. The minimum Gasteiger partial charge on any atom is -0.455 e. The van der Waals surface area contributed by atoms with Gasteiger partial charge in [-0.1, -0.05) is 291 Å². The van der Waals surface area contributed by atoms with Crippen molar-refractivity contribution in [2.24, 2.45) is 0 Å². The fourth-order valence-corrected chi connectivity index (χ4v) is 16.1. The molecule has 0 atom stereocenters. The van der Waals surface area contributed by atoms with E-state index in [0.717, 1.165) is 71.7 Å². The zero-order valence-electron chi connectivity index (χ0n) is 51.0. The number of rotatable bonds is 7. The van der Waals surface area contributed by atoms with E-state index in [1.165, 1.54) is 136 Å². The van der Waals surface area contributed by atoms with Crippen LogP contribution >= 0.6 is 0 Å². The van der Waals surface area contributed by atoms with Gasteiger partial charge in [0.1, 0.15) is 22.3 Å². The van der Waals surface area contributed by atoms with Crippen molar-refractivity contribution in [3.63, 3.8) is 0 Å². The van der Waals surface area contributed by atoms with Crippen molar-refractivity contribution in [1.29, 1.82) is 0 Å². The van der Waals surface area contributed by atoms with Gasteiger partial charge >= 0.3 is 0 Å². The van der Waals surface area contributed by atoms with Gasteiger partial charge in [-0.3, -0.25) is 0 Å². The van der Waals surface area contributed by atoms with Crippen molar-refractivity contribution < 1.29 is 8.83 Å². The van der Waals surface area contributed by atoms with Gasteiger partial charge in [0.15, 0.2) is 0 Å². The maximum Gasteiger partial charge on any atom is 0.143 e. The maximum absolute atomic E-state index is 7.13. The van der Waals surface area contributed by atoms with Gasteiger partial charge in [0.05, 0.1) is 0 Å². The summed E-state index contributed by atoms with van der Waals surface area (Å²) in [4.78, 5) is 0. The summed E-state index contributed by atoms with van der Waals surface area (Å²) in [6.07, 6.45) is 0. The first kappa shape index (κ1) is 52.4. The van der Waals surface area contributed by atoms with Crippen LogP contribution in [0.3, 0.4) is 0 Å². The Hall–Kier alpha value is -12.4. The molecule has 20 rings (SSSR count). The van der Waals surface area contributed by atoms with Crippen LogP contribution in [0.25, 0.3) is 208 Å². The SMILES string of the molecule is c1ccc2cc(-c3c4ccccc4c(-c4ccc(-c5ccc(-c6ccc7cc(-c8c9ccccc9c(-c9cccc%10oc%11c(-c%12cccc%13ccccc%12%13)cccc%11c9%10)c9ccccc89)ccc7c6)c6ccccc56)c5oc6ccccc6c45)c4ccccc34)ccc2c1. The molecule has 0 fully saturated rings. The average Bonchev–Trinajstić information content (AvgIpc) is 1.29. The van der Waals surface area contributed by atoms with Gasteiger partial charge in [-0.2, -0.15) is 0 Å². The molecule has 2 aromatic heterocycles. The topological polar surface area (TPSA) is 26.3 Å². The Labute approximate surface area is 541 Å². The van der Waals surface area contributed by atoms with E-state index >= 15 is 0 Å². The Balaban J connectivity index is 0.701. The van der Waals surface area contributed by atoms with Crippen molar-refractivity contribution >= 4 is 130 Å². The maximum atomic E-state index is 7.13. The molecule has 2 heterocycles. The lowest BCUT2D eigenvalue weighted by Crippen LogP contribution is -1.92. The predicted molar refractivity (Wildman–Crippen MR) is 399 cm³/mol. The van der Waals surface area contributed by atoms with Gasteiger partial charge in [0.2, 0.25) is 0 Å². The highest BCUT2D eigenvalue weighted by Gasteiger charge is 2.26. The zero-order chi connectivity index (χ0) is 61.5. The Morgan fingerprint density at radius 3 is 1.15 bits per heavy atom. The quantitative estimate of drug-likeness (QED) is 0.149. The highest BCUT2D eigenvalue weighted by molar-refractivity contribution is 6.29. The third-order valence-corrected chi connectivity index (χ3v) is 20.2. The van der Waals surface area contributed by atoms with Crippen LogP contribution in [0.2, 0.25) is 0 Å². The van der Waals surface area contributed by atoms with Crippen LogP contribution in [0, 0.1) is 0 Å². The second-order valence-electron chi connectivity index (χ2n) is 25.2. The van der Waals surface area contributed by atoms with E-state index < -0.39 is 0 Å². The third-order valence-electron chi connectivity index (χ3n) is 20.2. The van der Waals surface area contributed by atoms with E-state index in [1.807, 2.05) is 0 Å². The Morgan fingerprint density at radius 1 is 0.160 bits per heavy atom. The molecule has 0 aliphatic heterocycles. The Morgan fingerprint density at radius 2 is 0.511 bits per heavy atom. The molecule has 20 aromatic rings. The minimum absolute atomic E-state index is 0.871. The van der Waals surface area contributed by atoms with Gasteiger partial charge in [0, 0.05) is 32.7 Å². The summed E-state index contributed by atoms with van der Waals surface area (Å²) in [5.41, 5.74) is 20.0. The zero-order valence-corrected chi connectivity index (χ0v) is 51.0. The number of hydrogen-bond acceptors (Lipinski definition) is 2. The van der Waals surface area contributed by atoms with Crippen molar-refractivity contribution in [2.75, 3.05) is 0 Å². The van der Waals surface area contributed by atoms with Gasteiger partial charge in [-0.25, -0.2) is 0 Å². The fourth-order valence-electron chi connectivity index (χ4n) is 16.1. The summed E-state index contributed by atoms with van der Waals surface area (Å²) in [6.45, 7) is 0. The molecule has 434 valence electrons. The second kappa shape index (κ2) is 20.6. The lowest BCUT2D eigenvalue weighted by Gasteiger charge is -2.19. The van der Waals surface area contributed by atoms with Gasteiger partial charge in [-0.05, 0) is 189 Å². The van der Waals surface area contributed by atoms with Crippen LogP contribution in [0.5, 0.6) is 0 Å². The van der Waals surface area contributed by atoms with Crippen LogP contribution in [0.4, 0.5) is 0 Å². The summed E-state index contributed by atoms with van der Waals surface area (Å²) < 4.78 is 14.1. The summed E-state index contributed by atoms with van der Waals surface area (Å²) in [7, 11) is 0. The summed E-state index contributed by atoms with van der Waals surface area (Å²) in [5.74, 6) is 0. The lowest BCUT2D eigenvalue weighted by atomic mass is 9.83. The van der Waals surface area contributed by atoms with Gasteiger partial charge in [-0.15, -0.1) is 0 Å². The minimum atomic E-state index is 0.871. The summed E-state index contributed by atoms with van der Waals surface area (Å²) in [6, 6.07) is 120. The number of para-hydroxylation sites is 2. The molecule has 0 radical (unpaired) electrons. The van der Waals surface area contributed by atoms with Crippen LogP contribution in [-0.2, 0) is 0 Å². The third kappa shape index (κ3) is 7.84. The van der Waals surface area contributed by atoms with Crippen molar-refractivity contribution in [3.05, 3.63) is 328 Å². The Kier molecular flexibility index (Phi) is 11.5. The van der Waals surface area contributed by atoms with Crippen LogP contribution in [-0.4, -0.2) is 0 Å². The van der Waals surface area contributed by atoms with E-state index in [0.29, 0.717) is 0 Å². The van der Waals surface area contributed by atoms with Crippen LogP contribution in [0.1, 0.15) is 0 Å². The Bertz CT molecular complexity index is 6490. The van der Waals surface area contributed by atoms with E-state index in [4.69, 9.17) is 8.83 Å². The predicted octanol–water partition coefficient (Wildman–Crippen LogP) is 26.4. The first-order valence-electron chi connectivity index (χ1n) is 32.5. The van der Waals surface area contributed by atoms with Gasteiger partial charge in [0.25, 0.3) is 0 Å². The molecule has 2 heteroatoms. The van der Waals surface area contributed by atoms with E-state index in [2.05, 4.69) is 328 Å². The lowest BCUT2D eigenvalue weighted by molar-refractivity contribution is 0.670. The molecule has 0 aliphatic carbocycles. The van der Waals surface area contributed by atoms with E-state index in [-0.39, 0.29) is 0 Å². The molecule has 0 saturated heterocycles. The number of benzene rings is 18. The average molecular weight is 1190 g/mol. The number of hydrogen-bond donors (Lipinski definition) is 0. The first-order chi connectivity index (χ1) is 46.6. The fraction of sp³-hybridized carbons (Fsp3) is 0. The molecule has 0 bridgehead atoms. The van der Waals surface area contributed by atoms with Crippen LogP contribution < -0.4 is 0 Å². The normalized spacial score (nSPS) is 12.0. The monoisotopic (exact) mass is 1190 g/mol. The van der Waals surface area contributed by atoms with Crippen molar-refractivity contribution in [2.45, 2.75) is 0 Å². The standard InChI is InChI=1S/C92H54O2/c1-2-22-57-53-61(46-42-55(57)20-1)85-71-29-9-13-33-75(71)88(76-34-14-10-30-72(76)85)81-51-50-78(92-90(81)79-35-15-16-40-83(79)93-92)68-49-48-64(65-25-5-6-26-67(65)68)60-45-43-59-54-62(47-44-58(59)52-60)86-69-27-7-11-31-73(69)87(74-32-12-8-28-70(74)86)80-38-19-41-84-89(80)82-39-18-37-77(91(82)94-84)66-36-17-23-56-21-3-4-24-63(56)66/h1-54H. The molecule has 0 unspecified atom stereocenters. The summed E-state index contributed by atoms with van der Waals surface area (Å²) in [5, 5.41) is 23.8.